The first kappa shape index (κ1) is 15.8. The zero-order valence-corrected chi connectivity index (χ0v) is 20.2. The van der Waals surface area contributed by atoms with E-state index in [1.54, 1.807) is 26.0 Å². The van der Waals surface area contributed by atoms with Crippen molar-refractivity contribution in [2.45, 2.75) is 60.7 Å². The number of hydrogen-bond donors (Lipinski definition) is 0. The summed E-state index contributed by atoms with van der Waals surface area (Å²) < 4.78 is 0. The molecule has 0 aromatic carbocycles. The van der Waals surface area contributed by atoms with E-state index in [1.807, 2.05) is 0 Å². The van der Waals surface area contributed by atoms with Crippen molar-refractivity contribution in [3.63, 3.8) is 0 Å². The van der Waals surface area contributed by atoms with Gasteiger partial charge in [-0.2, -0.15) is 0 Å². The normalized spacial score (nSPS) is 41.0. The monoisotopic (exact) mass is 520 g/mol. The molecule has 15 heavy (non-hydrogen) atoms. The van der Waals surface area contributed by atoms with Crippen molar-refractivity contribution < 1.29 is 0 Å². The first-order valence-electron chi connectivity index (χ1n) is 6.12. The van der Waals surface area contributed by atoms with Gasteiger partial charge in [-0.3, -0.25) is 0 Å². The van der Waals surface area contributed by atoms with E-state index in [-0.39, 0.29) is 52.6 Å². The molecule has 0 spiro atoms. The van der Waals surface area contributed by atoms with Gasteiger partial charge in [0.15, 0.2) is 0 Å². The zero-order chi connectivity index (χ0) is 11.4. The van der Waals surface area contributed by atoms with Gasteiger partial charge in [-0.05, 0) is 0 Å². The third-order valence-electron chi connectivity index (χ3n) is 2.75. The molecule has 1 fully saturated rings. The standard InChI is InChI=1S/C10H25As5/c1-6-11-12(7-2)14(9-4)15(10-5)13(11)8-3/h6-10H2,1-5H3. The third-order valence-corrected chi connectivity index (χ3v) is 286. The molecular formula is C10H25As5. The van der Waals surface area contributed by atoms with E-state index in [9.17, 15) is 0 Å². The van der Waals surface area contributed by atoms with Gasteiger partial charge in [0.1, 0.15) is 0 Å². The molecule has 0 nitrogen and oxygen atoms in total. The second-order valence-corrected chi connectivity index (χ2v) is 109. The number of rotatable bonds is 5. The quantitative estimate of drug-likeness (QED) is 0.490. The van der Waals surface area contributed by atoms with Crippen LogP contribution in [0.15, 0.2) is 0 Å². The van der Waals surface area contributed by atoms with Crippen molar-refractivity contribution >= 4 is 52.6 Å². The van der Waals surface area contributed by atoms with Gasteiger partial charge in [0.25, 0.3) is 0 Å². The van der Waals surface area contributed by atoms with Gasteiger partial charge in [0.2, 0.25) is 0 Å². The Morgan fingerprint density at radius 2 is 0.533 bits per heavy atom. The Morgan fingerprint density at radius 1 is 0.400 bits per heavy atom. The van der Waals surface area contributed by atoms with Crippen LogP contribution in [0.4, 0.5) is 0 Å². The minimum atomic E-state index is -0.0931. The van der Waals surface area contributed by atoms with Crippen LogP contribution in [0.1, 0.15) is 34.6 Å². The average Bonchev–Trinajstić information content (AvgIpc) is 2.59. The Labute approximate surface area is 111 Å². The molecule has 0 N–H and O–H groups in total. The summed E-state index contributed by atoms with van der Waals surface area (Å²) in [7, 11) is -0.465. The summed E-state index contributed by atoms with van der Waals surface area (Å²) in [5.41, 5.74) is 0. The molecule has 0 aromatic rings. The number of hydrogen-bond acceptors (Lipinski definition) is 0. The molecule has 0 aromatic heterocycles. The Kier molecular flexibility index (Phi) is 8.52. The van der Waals surface area contributed by atoms with Crippen LogP contribution < -0.4 is 0 Å². The molecule has 0 saturated carbocycles. The van der Waals surface area contributed by atoms with Gasteiger partial charge in [-0.15, -0.1) is 0 Å². The predicted molar refractivity (Wildman–Crippen MR) is 81.2 cm³/mol. The Bertz CT molecular complexity index is 130. The van der Waals surface area contributed by atoms with E-state index in [0.717, 1.165) is 0 Å². The summed E-state index contributed by atoms with van der Waals surface area (Å²) in [5, 5.41) is 8.78. The van der Waals surface area contributed by atoms with Gasteiger partial charge >= 0.3 is 113 Å². The Morgan fingerprint density at radius 3 is 0.600 bits per heavy atom. The Balaban J connectivity index is 2.87. The average molecular weight is 520 g/mol. The minimum absolute atomic E-state index is 0.0931. The summed E-state index contributed by atoms with van der Waals surface area (Å²) in [6.07, 6.45) is 0. The van der Waals surface area contributed by atoms with E-state index in [1.165, 1.54) is 0 Å². The van der Waals surface area contributed by atoms with Crippen LogP contribution in [0, 0.1) is 0 Å². The van der Waals surface area contributed by atoms with Crippen LogP contribution in [-0.2, 0) is 0 Å². The van der Waals surface area contributed by atoms with Crippen molar-refractivity contribution in [3.05, 3.63) is 0 Å². The van der Waals surface area contributed by atoms with Crippen LogP contribution >= 0.6 is 0 Å². The van der Waals surface area contributed by atoms with Crippen molar-refractivity contribution in [2.24, 2.45) is 0 Å². The van der Waals surface area contributed by atoms with Crippen LogP contribution in [0.3, 0.4) is 0 Å². The molecule has 5 heteroatoms. The predicted octanol–water partition coefficient (Wildman–Crippen LogP) is 2.97. The van der Waals surface area contributed by atoms with Crippen LogP contribution in [0.2, 0.25) is 26.0 Å². The second-order valence-electron chi connectivity index (χ2n) is 3.44. The topological polar surface area (TPSA) is 0 Å². The first-order valence-corrected chi connectivity index (χ1v) is 38.8. The fourth-order valence-corrected chi connectivity index (χ4v) is 692. The van der Waals surface area contributed by atoms with Crippen molar-refractivity contribution in [3.8, 4) is 0 Å². The molecule has 0 amide bonds. The van der Waals surface area contributed by atoms with Crippen LogP contribution in [0.5, 0.6) is 0 Å². The van der Waals surface area contributed by atoms with Crippen molar-refractivity contribution in [1.29, 1.82) is 0 Å². The van der Waals surface area contributed by atoms with E-state index >= 15 is 0 Å². The molecule has 0 unspecified atom stereocenters. The molecule has 0 aliphatic carbocycles. The summed E-state index contributed by atoms with van der Waals surface area (Å²) in [4.78, 5) is 0. The molecule has 90 valence electrons. The zero-order valence-electron chi connectivity index (χ0n) is 10.8. The Hall–Kier alpha value is 2.79. The maximum atomic E-state index is 2.59. The SMILES string of the molecule is CC[As]1[As](CC)[As](CC)[As](CC)[As]1CC. The molecule has 1 heterocycles. The van der Waals surface area contributed by atoms with Crippen LogP contribution in [-0.4, -0.2) is 52.6 Å². The fourth-order valence-electron chi connectivity index (χ4n) is 2.23. The second kappa shape index (κ2) is 8.06. The van der Waals surface area contributed by atoms with E-state index in [0.29, 0.717) is 0 Å². The summed E-state index contributed by atoms with van der Waals surface area (Å²) in [5.74, 6) is 0. The fraction of sp³-hybridized carbons (Fsp3) is 1.00. The molecule has 1 aliphatic rings. The van der Waals surface area contributed by atoms with Crippen molar-refractivity contribution in [1.82, 2.24) is 0 Å². The van der Waals surface area contributed by atoms with Gasteiger partial charge in [-0.25, -0.2) is 0 Å². The third kappa shape index (κ3) is 3.42. The first-order chi connectivity index (χ1) is 7.24. The van der Waals surface area contributed by atoms with Gasteiger partial charge < -0.3 is 0 Å². The molecule has 1 saturated heterocycles. The maximum absolute atomic E-state index is 2.59. The van der Waals surface area contributed by atoms with E-state index in [2.05, 4.69) is 34.6 Å². The summed E-state index contributed by atoms with van der Waals surface area (Å²) in [6.45, 7) is 12.9. The van der Waals surface area contributed by atoms with Crippen LogP contribution in [0.25, 0.3) is 0 Å². The van der Waals surface area contributed by atoms with Gasteiger partial charge in [-0.1, -0.05) is 0 Å². The molecular weight excluding hydrogens is 495 g/mol. The van der Waals surface area contributed by atoms with Gasteiger partial charge in [0.05, 0.1) is 0 Å². The summed E-state index contributed by atoms with van der Waals surface area (Å²) in [6, 6.07) is 0. The van der Waals surface area contributed by atoms with E-state index < -0.39 is 0 Å². The molecule has 0 atom stereocenters. The molecule has 1 aliphatic heterocycles. The molecule has 0 bridgehead atoms. The van der Waals surface area contributed by atoms with E-state index in [4.69, 9.17) is 0 Å². The van der Waals surface area contributed by atoms with Gasteiger partial charge in [0, 0.05) is 0 Å². The van der Waals surface area contributed by atoms with Crippen molar-refractivity contribution in [2.75, 3.05) is 0 Å². The molecule has 0 radical (unpaired) electrons. The summed E-state index contributed by atoms with van der Waals surface area (Å²) >= 11 is 0. The molecule has 1 rings (SSSR count).